The maximum atomic E-state index is 12.4. The number of rotatable bonds is 2. The summed E-state index contributed by atoms with van der Waals surface area (Å²) in [7, 11) is 1.70. The Hall–Kier alpha value is -2.82. The van der Waals surface area contributed by atoms with Crippen molar-refractivity contribution < 1.29 is 9.90 Å². The quantitative estimate of drug-likeness (QED) is 0.749. The maximum absolute atomic E-state index is 12.4. The van der Waals surface area contributed by atoms with E-state index < -0.39 is 0 Å². The topological polar surface area (TPSA) is 69.2 Å². The first-order chi connectivity index (χ1) is 9.65. The predicted octanol–water partition coefficient (Wildman–Crippen LogP) is 2.55. The van der Waals surface area contributed by atoms with Crippen molar-refractivity contribution in [3.8, 4) is 5.75 Å². The van der Waals surface area contributed by atoms with Crippen LogP contribution in [0.4, 0.5) is 5.69 Å². The standard InChI is InChI=1S/C15H13N3O2/c1-18(12-4-6-13(19)7-5-12)15(20)10-2-3-11-9-16-17-14(11)8-10/h2-9,19H,1H3,(H,16,17). The lowest BCUT2D eigenvalue weighted by Crippen LogP contribution is -2.26. The Bertz CT molecular complexity index is 762. The summed E-state index contributed by atoms with van der Waals surface area (Å²) in [5, 5.41) is 17.0. The molecule has 1 aromatic heterocycles. The molecule has 3 aromatic rings. The number of fused-ring (bicyclic) bond motifs is 1. The molecular weight excluding hydrogens is 254 g/mol. The lowest BCUT2D eigenvalue weighted by Gasteiger charge is -2.17. The minimum atomic E-state index is -0.118. The van der Waals surface area contributed by atoms with Crippen LogP contribution in [0.5, 0.6) is 5.75 Å². The fourth-order valence-corrected chi connectivity index (χ4v) is 2.06. The Morgan fingerprint density at radius 2 is 1.95 bits per heavy atom. The lowest BCUT2D eigenvalue weighted by atomic mass is 10.1. The second-order valence-electron chi connectivity index (χ2n) is 4.55. The molecule has 0 bridgehead atoms. The Labute approximate surface area is 115 Å². The third-order valence-electron chi connectivity index (χ3n) is 3.23. The molecule has 0 saturated carbocycles. The van der Waals surface area contributed by atoms with Gasteiger partial charge in [-0.1, -0.05) is 6.07 Å². The van der Waals surface area contributed by atoms with Crippen LogP contribution in [0, 0.1) is 0 Å². The lowest BCUT2D eigenvalue weighted by molar-refractivity contribution is 0.0993. The van der Waals surface area contributed by atoms with Crippen LogP contribution in [0.2, 0.25) is 0 Å². The van der Waals surface area contributed by atoms with E-state index in [1.165, 1.54) is 4.90 Å². The first kappa shape index (κ1) is 12.2. The molecule has 0 atom stereocenters. The number of amides is 1. The van der Waals surface area contributed by atoms with E-state index in [1.807, 2.05) is 6.07 Å². The second kappa shape index (κ2) is 4.70. The molecule has 0 aliphatic heterocycles. The second-order valence-corrected chi connectivity index (χ2v) is 4.55. The Kier molecular flexibility index (Phi) is 2.87. The highest BCUT2D eigenvalue weighted by molar-refractivity contribution is 6.07. The zero-order chi connectivity index (χ0) is 14.1. The van der Waals surface area contributed by atoms with E-state index in [2.05, 4.69) is 10.2 Å². The van der Waals surface area contributed by atoms with Crippen molar-refractivity contribution in [2.24, 2.45) is 0 Å². The molecule has 1 heterocycles. The number of carbonyl (C=O) groups is 1. The van der Waals surface area contributed by atoms with E-state index in [9.17, 15) is 9.90 Å². The van der Waals surface area contributed by atoms with Gasteiger partial charge in [-0.3, -0.25) is 9.89 Å². The number of carbonyl (C=O) groups excluding carboxylic acids is 1. The van der Waals surface area contributed by atoms with Crippen molar-refractivity contribution >= 4 is 22.5 Å². The average molecular weight is 267 g/mol. The molecule has 0 aliphatic rings. The number of aromatic nitrogens is 2. The van der Waals surface area contributed by atoms with Gasteiger partial charge in [0.2, 0.25) is 0 Å². The number of aromatic hydroxyl groups is 1. The fraction of sp³-hybridized carbons (Fsp3) is 0.0667. The molecule has 2 aromatic carbocycles. The van der Waals surface area contributed by atoms with Gasteiger partial charge in [0.05, 0.1) is 11.7 Å². The Morgan fingerprint density at radius 1 is 1.20 bits per heavy atom. The normalized spacial score (nSPS) is 10.7. The van der Waals surface area contributed by atoms with E-state index in [4.69, 9.17) is 0 Å². The summed E-state index contributed by atoms with van der Waals surface area (Å²) in [5.41, 5.74) is 2.13. The van der Waals surface area contributed by atoms with Gasteiger partial charge in [-0.15, -0.1) is 0 Å². The molecule has 20 heavy (non-hydrogen) atoms. The van der Waals surface area contributed by atoms with E-state index in [0.29, 0.717) is 5.56 Å². The Morgan fingerprint density at radius 3 is 2.70 bits per heavy atom. The first-order valence-corrected chi connectivity index (χ1v) is 6.15. The molecule has 2 N–H and O–H groups in total. The number of benzene rings is 2. The molecule has 5 heteroatoms. The summed E-state index contributed by atoms with van der Waals surface area (Å²) in [6, 6.07) is 11.9. The van der Waals surface area contributed by atoms with Crippen molar-refractivity contribution in [2.75, 3.05) is 11.9 Å². The number of phenolic OH excluding ortho intramolecular Hbond substituents is 1. The molecule has 5 nitrogen and oxygen atoms in total. The van der Waals surface area contributed by atoms with E-state index >= 15 is 0 Å². The summed E-state index contributed by atoms with van der Waals surface area (Å²) in [6.45, 7) is 0. The van der Waals surface area contributed by atoms with E-state index in [1.54, 1.807) is 49.6 Å². The molecule has 3 rings (SSSR count). The molecule has 0 spiro atoms. The van der Waals surface area contributed by atoms with Crippen molar-refractivity contribution in [3.05, 3.63) is 54.2 Å². The van der Waals surface area contributed by atoms with Crippen LogP contribution in [-0.4, -0.2) is 28.3 Å². The minimum Gasteiger partial charge on any atom is -0.508 e. The number of hydrogen-bond acceptors (Lipinski definition) is 3. The molecule has 0 saturated heterocycles. The fourth-order valence-electron chi connectivity index (χ4n) is 2.06. The van der Waals surface area contributed by atoms with Gasteiger partial charge in [0.1, 0.15) is 5.75 Å². The van der Waals surface area contributed by atoms with Crippen LogP contribution in [0.25, 0.3) is 10.9 Å². The van der Waals surface area contributed by atoms with Gasteiger partial charge in [0.25, 0.3) is 5.91 Å². The van der Waals surface area contributed by atoms with E-state index in [-0.39, 0.29) is 11.7 Å². The first-order valence-electron chi connectivity index (χ1n) is 6.15. The summed E-state index contributed by atoms with van der Waals surface area (Å²) < 4.78 is 0. The van der Waals surface area contributed by atoms with Crippen molar-refractivity contribution in [3.63, 3.8) is 0 Å². The van der Waals surface area contributed by atoms with Crippen molar-refractivity contribution in [2.45, 2.75) is 0 Å². The van der Waals surface area contributed by atoms with E-state index in [0.717, 1.165) is 16.6 Å². The molecule has 0 radical (unpaired) electrons. The number of H-pyrrole nitrogens is 1. The highest BCUT2D eigenvalue weighted by Crippen LogP contribution is 2.20. The highest BCUT2D eigenvalue weighted by Gasteiger charge is 2.14. The summed E-state index contributed by atoms with van der Waals surface area (Å²) >= 11 is 0. The zero-order valence-corrected chi connectivity index (χ0v) is 10.9. The number of phenols is 1. The van der Waals surface area contributed by atoms with Gasteiger partial charge in [-0.05, 0) is 36.4 Å². The van der Waals surface area contributed by atoms with Gasteiger partial charge in [-0.25, -0.2) is 0 Å². The number of nitrogens with zero attached hydrogens (tertiary/aromatic N) is 2. The highest BCUT2D eigenvalue weighted by atomic mass is 16.3. The van der Waals surface area contributed by atoms with Crippen LogP contribution in [0.3, 0.4) is 0 Å². The predicted molar refractivity (Wildman–Crippen MR) is 76.9 cm³/mol. The summed E-state index contributed by atoms with van der Waals surface area (Å²) in [6.07, 6.45) is 1.72. The summed E-state index contributed by atoms with van der Waals surface area (Å²) in [4.78, 5) is 14.0. The number of anilines is 1. The van der Waals surface area contributed by atoms with Crippen LogP contribution in [0.15, 0.2) is 48.7 Å². The monoisotopic (exact) mass is 267 g/mol. The van der Waals surface area contributed by atoms with Crippen LogP contribution < -0.4 is 4.90 Å². The summed E-state index contributed by atoms with van der Waals surface area (Å²) in [5.74, 6) is 0.0562. The Balaban J connectivity index is 1.92. The van der Waals surface area contributed by atoms with Crippen molar-refractivity contribution in [1.82, 2.24) is 10.2 Å². The molecule has 1 amide bonds. The van der Waals surface area contributed by atoms with Gasteiger partial charge >= 0.3 is 0 Å². The molecule has 100 valence electrons. The van der Waals surface area contributed by atoms with Crippen LogP contribution in [0.1, 0.15) is 10.4 Å². The number of nitrogens with one attached hydrogen (secondary N) is 1. The number of aromatic amines is 1. The van der Waals surface area contributed by atoms with Crippen LogP contribution in [-0.2, 0) is 0 Å². The number of hydrogen-bond donors (Lipinski definition) is 2. The smallest absolute Gasteiger partial charge is 0.258 e. The minimum absolute atomic E-state index is 0.118. The SMILES string of the molecule is CN(C(=O)c1ccc2cn[nH]c2c1)c1ccc(O)cc1. The molecule has 0 fully saturated rings. The average Bonchev–Trinajstić information content (AvgIpc) is 2.94. The molecular formula is C15H13N3O2. The maximum Gasteiger partial charge on any atom is 0.258 e. The third-order valence-corrected chi connectivity index (χ3v) is 3.23. The van der Waals surface area contributed by atoms with Crippen LogP contribution >= 0.6 is 0 Å². The third kappa shape index (κ3) is 2.09. The zero-order valence-electron chi connectivity index (χ0n) is 10.9. The molecule has 0 unspecified atom stereocenters. The van der Waals surface area contributed by atoms with Gasteiger partial charge in [0, 0.05) is 23.7 Å². The largest absolute Gasteiger partial charge is 0.508 e. The molecule has 0 aliphatic carbocycles. The van der Waals surface area contributed by atoms with Crippen molar-refractivity contribution in [1.29, 1.82) is 0 Å². The van der Waals surface area contributed by atoms with Gasteiger partial charge in [0.15, 0.2) is 0 Å². The van der Waals surface area contributed by atoms with Gasteiger partial charge in [-0.2, -0.15) is 5.10 Å². The van der Waals surface area contributed by atoms with Gasteiger partial charge < -0.3 is 10.0 Å².